The maximum Gasteiger partial charge on any atom is 0.227 e. The summed E-state index contributed by atoms with van der Waals surface area (Å²) < 4.78 is 6.62. The van der Waals surface area contributed by atoms with Crippen LogP contribution in [0.15, 0.2) is 53.1 Å². The summed E-state index contributed by atoms with van der Waals surface area (Å²) in [6, 6.07) is 16.5. The maximum absolute atomic E-state index is 13.2. The monoisotopic (exact) mass is 460 g/mol. The number of rotatable bonds is 6. The van der Waals surface area contributed by atoms with E-state index in [0.717, 1.165) is 41.9 Å². The summed E-state index contributed by atoms with van der Waals surface area (Å²) in [6.45, 7) is 5.11. The Labute approximate surface area is 197 Å². The van der Waals surface area contributed by atoms with Gasteiger partial charge in [0.2, 0.25) is 17.6 Å². The number of nitrogens with zero attached hydrogens (tertiary/aromatic N) is 4. The molecule has 1 atom stereocenters. The van der Waals surface area contributed by atoms with Crippen molar-refractivity contribution < 1.29 is 9.32 Å². The van der Waals surface area contributed by atoms with E-state index in [0.29, 0.717) is 30.5 Å². The second-order valence-corrected chi connectivity index (χ2v) is 9.97. The Kier molecular flexibility index (Phi) is 6.22. The third-order valence-corrected chi connectivity index (χ3v) is 7.41. The summed E-state index contributed by atoms with van der Waals surface area (Å²) in [5.74, 6) is 1.67. The molecule has 6 nitrogen and oxygen atoms in total. The normalized spacial score (nSPS) is 16.6. The van der Waals surface area contributed by atoms with Crippen LogP contribution in [0.25, 0.3) is 21.6 Å². The highest BCUT2D eigenvalue weighted by molar-refractivity contribution is 7.18. The molecule has 1 aliphatic heterocycles. The molecule has 1 fully saturated rings. The molecular formula is C26H28N4O2S. The van der Waals surface area contributed by atoms with Crippen molar-refractivity contribution in [3.63, 3.8) is 0 Å². The number of fused-ring (bicyclic) bond motifs is 1. The average molecular weight is 461 g/mol. The van der Waals surface area contributed by atoms with E-state index in [1.807, 2.05) is 35.2 Å². The Morgan fingerprint density at radius 1 is 1.12 bits per heavy atom. The molecule has 1 amide bonds. The quantitative estimate of drug-likeness (QED) is 0.345. The van der Waals surface area contributed by atoms with Gasteiger partial charge in [0.25, 0.3) is 0 Å². The predicted octanol–water partition coefficient (Wildman–Crippen LogP) is 6.16. The number of aryl methyl sites for hydroxylation is 1. The smallest absolute Gasteiger partial charge is 0.227 e. The van der Waals surface area contributed by atoms with Crippen molar-refractivity contribution in [2.75, 3.05) is 6.54 Å². The van der Waals surface area contributed by atoms with Crippen molar-refractivity contribution in [1.29, 1.82) is 0 Å². The van der Waals surface area contributed by atoms with Crippen molar-refractivity contribution >= 4 is 27.5 Å². The number of piperidine rings is 1. The lowest BCUT2D eigenvalue weighted by atomic mass is 10.0. The van der Waals surface area contributed by atoms with E-state index in [1.54, 1.807) is 11.3 Å². The molecule has 0 aliphatic carbocycles. The molecule has 1 unspecified atom stereocenters. The summed E-state index contributed by atoms with van der Waals surface area (Å²) >= 11 is 1.70. The van der Waals surface area contributed by atoms with E-state index >= 15 is 0 Å². The number of thiazole rings is 1. The van der Waals surface area contributed by atoms with E-state index in [-0.39, 0.29) is 11.9 Å². The third kappa shape index (κ3) is 4.69. The molecule has 0 bridgehead atoms. The predicted molar refractivity (Wildman–Crippen MR) is 130 cm³/mol. The standard InChI is InChI=1S/C26H28N4O2S/c1-17(2)18-10-12-19(13-11-18)25-28-23(32-29-25)14-15-24(31)30-16-6-5-8-21(30)26-27-20-7-3-4-9-22(20)33-26/h3-4,7,9-13,17,21H,5-6,8,14-16H2,1-2H3. The van der Waals surface area contributed by atoms with Crippen molar-refractivity contribution in [3.8, 4) is 11.4 Å². The molecule has 1 aliphatic rings. The zero-order valence-corrected chi connectivity index (χ0v) is 19.8. The Morgan fingerprint density at radius 3 is 2.73 bits per heavy atom. The fourth-order valence-corrected chi connectivity index (χ4v) is 5.48. The van der Waals surface area contributed by atoms with Gasteiger partial charge in [-0.2, -0.15) is 4.98 Å². The topological polar surface area (TPSA) is 72.1 Å². The Bertz CT molecular complexity index is 1210. The first kappa shape index (κ1) is 21.8. The zero-order chi connectivity index (χ0) is 22.8. The third-order valence-electron chi connectivity index (χ3n) is 6.28. The van der Waals surface area contributed by atoms with Crippen molar-refractivity contribution in [1.82, 2.24) is 20.0 Å². The summed E-state index contributed by atoms with van der Waals surface area (Å²) in [7, 11) is 0. The highest BCUT2D eigenvalue weighted by atomic mass is 32.1. The number of likely N-dealkylation sites (tertiary alicyclic amines) is 1. The lowest BCUT2D eigenvalue weighted by Gasteiger charge is -2.34. The van der Waals surface area contributed by atoms with Crippen LogP contribution in [0.5, 0.6) is 0 Å². The molecule has 4 aromatic rings. The van der Waals surface area contributed by atoms with Gasteiger partial charge < -0.3 is 9.42 Å². The molecule has 3 heterocycles. The maximum atomic E-state index is 13.2. The first-order valence-electron chi connectivity index (χ1n) is 11.7. The SMILES string of the molecule is CC(C)c1ccc(-c2noc(CCC(=O)N3CCCCC3c3nc4ccccc4s3)n2)cc1. The Hall–Kier alpha value is -3.06. The van der Waals surface area contributed by atoms with Gasteiger partial charge in [0.1, 0.15) is 5.01 Å². The van der Waals surface area contributed by atoms with Crippen molar-refractivity contribution in [3.05, 3.63) is 65.0 Å². The number of carbonyl (C=O) groups is 1. The van der Waals surface area contributed by atoms with Gasteiger partial charge in [0.05, 0.1) is 16.3 Å². The number of benzene rings is 2. The molecule has 0 N–H and O–H groups in total. The zero-order valence-electron chi connectivity index (χ0n) is 19.0. The number of hydrogen-bond donors (Lipinski definition) is 0. The second kappa shape index (κ2) is 9.43. The molecule has 2 aromatic heterocycles. The van der Waals surface area contributed by atoms with Crippen LogP contribution >= 0.6 is 11.3 Å². The van der Waals surface area contributed by atoms with Crippen LogP contribution in [0.2, 0.25) is 0 Å². The number of para-hydroxylation sites is 1. The summed E-state index contributed by atoms with van der Waals surface area (Å²) in [6.07, 6.45) is 3.91. The van der Waals surface area contributed by atoms with Crippen LogP contribution in [0.3, 0.4) is 0 Å². The van der Waals surface area contributed by atoms with Crippen LogP contribution in [0.4, 0.5) is 0 Å². The molecule has 1 saturated heterocycles. The molecule has 7 heteroatoms. The highest BCUT2D eigenvalue weighted by Gasteiger charge is 2.30. The molecule has 0 radical (unpaired) electrons. The fourth-order valence-electron chi connectivity index (χ4n) is 4.37. The van der Waals surface area contributed by atoms with Crippen molar-refractivity contribution in [2.45, 2.75) is 57.9 Å². The number of carbonyl (C=O) groups excluding carboxylic acids is 1. The van der Waals surface area contributed by atoms with Gasteiger partial charge in [-0.05, 0) is 42.9 Å². The minimum atomic E-state index is 0.0568. The molecule has 2 aromatic carbocycles. The van der Waals surface area contributed by atoms with E-state index in [2.05, 4.69) is 42.2 Å². The average Bonchev–Trinajstić information content (AvgIpc) is 3.50. The highest BCUT2D eigenvalue weighted by Crippen LogP contribution is 2.36. The summed E-state index contributed by atoms with van der Waals surface area (Å²) in [5.41, 5.74) is 3.21. The summed E-state index contributed by atoms with van der Waals surface area (Å²) in [5, 5.41) is 5.16. The Morgan fingerprint density at radius 2 is 1.94 bits per heavy atom. The first-order valence-corrected chi connectivity index (χ1v) is 12.5. The van der Waals surface area contributed by atoms with E-state index in [1.165, 1.54) is 10.3 Å². The lowest BCUT2D eigenvalue weighted by Crippen LogP contribution is -2.38. The molecule has 5 rings (SSSR count). The number of aromatic nitrogens is 3. The number of hydrogen-bond acceptors (Lipinski definition) is 6. The van der Waals surface area contributed by atoms with Gasteiger partial charge in [-0.25, -0.2) is 4.98 Å². The van der Waals surface area contributed by atoms with Crippen LogP contribution in [-0.2, 0) is 11.2 Å². The minimum Gasteiger partial charge on any atom is -0.339 e. The van der Waals surface area contributed by atoms with Gasteiger partial charge in [-0.1, -0.05) is 55.4 Å². The van der Waals surface area contributed by atoms with Crippen LogP contribution in [0.1, 0.15) is 68.0 Å². The number of amides is 1. The van der Waals surface area contributed by atoms with E-state index < -0.39 is 0 Å². The molecule has 0 saturated carbocycles. The first-order chi connectivity index (χ1) is 16.1. The van der Waals surface area contributed by atoms with Crippen LogP contribution < -0.4 is 0 Å². The van der Waals surface area contributed by atoms with Gasteiger partial charge >= 0.3 is 0 Å². The lowest BCUT2D eigenvalue weighted by molar-refractivity contribution is -0.135. The minimum absolute atomic E-state index is 0.0568. The van der Waals surface area contributed by atoms with E-state index in [9.17, 15) is 4.79 Å². The molecule has 33 heavy (non-hydrogen) atoms. The van der Waals surface area contributed by atoms with Gasteiger partial charge in [-0.3, -0.25) is 4.79 Å². The molecule has 170 valence electrons. The Balaban J connectivity index is 1.25. The van der Waals surface area contributed by atoms with Crippen LogP contribution in [0, 0.1) is 0 Å². The summed E-state index contributed by atoms with van der Waals surface area (Å²) in [4.78, 5) is 24.5. The van der Waals surface area contributed by atoms with Gasteiger partial charge in [-0.15, -0.1) is 11.3 Å². The molecule has 0 spiro atoms. The van der Waals surface area contributed by atoms with Crippen LogP contribution in [-0.4, -0.2) is 32.5 Å². The molecular weight excluding hydrogens is 432 g/mol. The van der Waals surface area contributed by atoms with E-state index in [4.69, 9.17) is 9.51 Å². The largest absolute Gasteiger partial charge is 0.339 e. The van der Waals surface area contributed by atoms with Gasteiger partial charge in [0.15, 0.2) is 0 Å². The second-order valence-electron chi connectivity index (χ2n) is 8.91. The van der Waals surface area contributed by atoms with Gasteiger partial charge in [0, 0.05) is 24.9 Å². The fraction of sp³-hybridized carbons (Fsp3) is 0.385. The van der Waals surface area contributed by atoms with Crippen molar-refractivity contribution in [2.24, 2.45) is 0 Å².